The van der Waals surface area contributed by atoms with Crippen molar-refractivity contribution in [1.82, 2.24) is 14.9 Å². The molecule has 0 aliphatic rings. The highest BCUT2D eigenvalue weighted by Gasteiger charge is 2.04. The van der Waals surface area contributed by atoms with Crippen molar-refractivity contribution in [3.05, 3.63) is 48.5 Å². The molecule has 2 rings (SSSR count). The molecule has 0 radical (unpaired) electrons. The number of aliphatic hydroxyl groups is 1. The van der Waals surface area contributed by atoms with Crippen LogP contribution in [0.3, 0.4) is 0 Å². The minimum Gasteiger partial charge on any atom is -0.396 e. The fourth-order valence-electron chi connectivity index (χ4n) is 2.08. The molecule has 0 aliphatic carbocycles. The Balaban J connectivity index is 1.76. The Hall–Kier alpha value is -1.30. The van der Waals surface area contributed by atoms with E-state index in [-0.39, 0.29) is 0 Å². The van der Waals surface area contributed by atoms with Crippen LogP contribution in [0.2, 0.25) is 0 Å². The first-order valence-corrected chi connectivity index (χ1v) is 8.47. The van der Waals surface area contributed by atoms with E-state index >= 15 is 0 Å². The molecule has 1 unspecified atom stereocenters. The molecule has 1 aromatic heterocycles. The Labute approximate surface area is 130 Å². The van der Waals surface area contributed by atoms with E-state index in [4.69, 9.17) is 5.11 Å². The molecule has 1 atom stereocenters. The van der Waals surface area contributed by atoms with Gasteiger partial charge >= 0.3 is 0 Å². The van der Waals surface area contributed by atoms with Gasteiger partial charge in [0.15, 0.2) is 0 Å². The van der Waals surface area contributed by atoms with E-state index in [1.54, 1.807) is 12.5 Å². The molecule has 0 fully saturated rings. The van der Waals surface area contributed by atoms with Crippen LogP contribution in [0.1, 0.15) is 24.9 Å². The van der Waals surface area contributed by atoms with Crippen LogP contribution in [0.4, 0.5) is 0 Å². The maximum atomic E-state index is 8.72. The van der Waals surface area contributed by atoms with Gasteiger partial charge in [-0.15, -0.1) is 0 Å². The number of nitrogens with zero attached hydrogens (tertiary/aromatic N) is 2. The molecule has 0 saturated heterocycles. The van der Waals surface area contributed by atoms with Crippen LogP contribution < -0.4 is 5.32 Å². The normalized spacial score (nSPS) is 12.5. The Bertz CT molecular complexity index is 499. The summed E-state index contributed by atoms with van der Waals surface area (Å²) in [5, 5.41) is 12.2. The monoisotopic (exact) mass is 305 g/mol. The summed E-state index contributed by atoms with van der Waals surface area (Å²) in [5.41, 5.74) is 2.42. The van der Waals surface area contributed by atoms with Crippen molar-refractivity contribution in [2.24, 2.45) is 0 Å². The van der Waals surface area contributed by atoms with E-state index in [0.29, 0.717) is 12.6 Å². The first-order valence-electron chi connectivity index (χ1n) is 7.31. The minimum atomic E-state index is 0.292. The van der Waals surface area contributed by atoms with Gasteiger partial charge in [-0.05, 0) is 36.8 Å². The minimum absolute atomic E-state index is 0.292. The number of imidazole rings is 1. The highest BCUT2D eigenvalue weighted by molar-refractivity contribution is 7.99. The van der Waals surface area contributed by atoms with Crippen LogP contribution in [-0.2, 0) is 0 Å². The van der Waals surface area contributed by atoms with Gasteiger partial charge in [-0.25, -0.2) is 4.98 Å². The molecule has 0 bridgehead atoms. The zero-order valence-corrected chi connectivity index (χ0v) is 13.2. The SMILES string of the molecule is CC(NCCSCCCO)c1ccc(-n2ccnc2)cc1. The molecule has 0 saturated carbocycles. The van der Waals surface area contributed by atoms with Crippen molar-refractivity contribution < 1.29 is 5.11 Å². The van der Waals surface area contributed by atoms with Crippen LogP contribution >= 0.6 is 11.8 Å². The molecule has 0 spiro atoms. The van der Waals surface area contributed by atoms with Crippen molar-refractivity contribution >= 4 is 11.8 Å². The molecular weight excluding hydrogens is 282 g/mol. The second-order valence-corrected chi connectivity index (χ2v) is 6.15. The van der Waals surface area contributed by atoms with Crippen molar-refractivity contribution in [3.63, 3.8) is 0 Å². The topological polar surface area (TPSA) is 50.1 Å². The molecule has 5 heteroatoms. The van der Waals surface area contributed by atoms with Gasteiger partial charge in [-0.1, -0.05) is 12.1 Å². The Kier molecular flexibility index (Phi) is 6.79. The van der Waals surface area contributed by atoms with E-state index in [9.17, 15) is 0 Å². The number of thioether (sulfide) groups is 1. The first kappa shape index (κ1) is 16.1. The standard InChI is InChI=1S/C16H23N3OS/c1-14(18-8-12-21-11-2-10-20)15-3-5-16(6-4-15)19-9-7-17-13-19/h3-7,9,13-14,18,20H,2,8,10-12H2,1H3. The van der Waals surface area contributed by atoms with Gasteiger partial charge in [0, 0.05) is 43.0 Å². The van der Waals surface area contributed by atoms with Crippen LogP contribution in [0.5, 0.6) is 0 Å². The summed E-state index contributed by atoms with van der Waals surface area (Å²) in [6, 6.07) is 8.90. The Morgan fingerprint density at radius 3 is 2.76 bits per heavy atom. The fraction of sp³-hybridized carbons (Fsp3) is 0.438. The van der Waals surface area contributed by atoms with Gasteiger partial charge in [-0.2, -0.15) is 11.8 Å². The first-order chi connectivity index (χ1) is 10.3. The molecule has 1 aromatic carbocycles. The molecule has 21 heavy (non-hydrogen) atoms. The third-order valence-electron chi connectivity index (χ3n) is 3.34. The lowest BCUT2D eigenvalue weighted by Crippen LogP contribution is -2.21. The number of aromatic nitrogens is 2. The summed E-state index contributed by atoms with van der Waals surface area (Å²) >= 11 is 1.88. The second kappa shape index (κ2) is 8.87. The average Bonchev–Trinajstić information content (AvgIpc) is 3.05. The lowest BCUT2D eigenvalue weighted by Gasteiger charge is -2.14. The number of aliphatic hydroxyl groups excluding tert-OH is 1. The van der Waals surface area contributed by atoms with Crippen molar-refractivity contribution in [3.8, 4) is 5.69 Å². The average molecular weight is 305 g/mol. The van der Waals surface area contributed by atoms with Gasteiger partial charge < -0.3 is 15.0 Å². The predicted octanol–water partition coefficient (Wildman–Crippen LogP) is 2.64. The Morgan fingerprint density at radius 2 is 2.10 bits per heavy atom. The lowest BCUT2D eigenvalue weighted by atomic mass is 10.1. The van der Waals surface area contributed by atoms with E-state index < -0.39 is 0 Å². The van der Waals surface area contributed by atoms with Crippen molar-refractivity contribution in [2.45, 2.75) is 19.4 Å². The summed E-state index contributed by atoms with van der Waals surface area (Å²) in [6.45, 7) is 3.46. The molecule has 4 nitrogen and oxygen atoms in total. The van der Waals surface area contributed by atoms with Crippen LogP contribution in [0.15, 0.2) is 43.0 Å². The summed E-state index contributed by atoms with van der Waals surface area (Å²) in [7, 11) is 0. The van der Waals surface area contributed by atoms with E-state index in [0.717, 1.165) is 30.2 Å². The third kappa shape index (κ3) is 5.19. The molecular formula is C16H23N3OS. The Morgan fingerprint density at radius 1 is 1.29 bits per heavy atom. The van der Waals surface area contributed by atoms with Crippen molar-refractivity contribution in [1.29, 1.82) is 0 Å². The van der Waals surface area contributed by atoms with Crippen LogP contribution in [0, 0.1) is 0 Å². The molecule has 1 heterocycles. The van der Waals surface area contributed by atoms with Crippen molar-refractivity contribution in [2.75, 3.05) is 24.7 Å². The van der Waals surface area contributed by atoms with Gasteiger partial charge in [0.05, 0.1) is 6.33 Å². The summed E-state index contributed by atoms with van der Waals surface area (Å²) in [6.07, 6.45) is 6.42. The number of rotatable bonds is 9. The molecule has 2 aromatic rings. The van der Waals surface area contributed by atoms with Gasteiger partial charge in [0.25, 0.3) is 0 Å². The number of benzene rings is 1. The van der Waals surface area contributed by atoms with Gasteiger partial charge in [-0.3, -0.25) is 0 Å². The smallest absolute Gasteiger partial charge is 0.0991 e. The molecule has 0 aliphatic heterocycles. The molecule has 114 valence electrons. The predicted molar refractivity (Wildman–Crippen MR) is 89.0 cm³/mol. The lowest BCUT2D eigenvalue weighted by molar-refractivity contribution is 0.296. The van der Waals surface area contributed by atoms with Gasteiger partial charge in [0.1, 0.15) is 0 Å². The quantitative estimate of drug-likeness (QED) is 0.699. The van der Waals surface area contributed by atoms with E-state index in [1.807, 2.05) is 22.5 Å². The van der Waals surface area contributed by atoms with E-state index in [2.05, 4.69) is 41.5 Å². The molecule has 0 amide bonds. The third-order valence-corrected chi connectivity index (χ3v) is 4.41. The summed E-state index contributed by atoms with van der Waals surface area (Å²) in [4.78, 5) is 4.06. The maximum absolute atomic E-state index is 8.72. The second-order valence-electron chi connectivity index (χ2n) is 4.93. The summed E-state index contributed by atoms with van der Waals surface area (Å²) < 4.78 is 2.00. The van der Waals surface area contributed by atoms with E-state index in [1.165, 1.54) is 5.56 Å². The number of hydrogen-bond donors (Lipinski definition) is 2. The number of hydrogen-bond acceptors (Lipinski definition) is 4. The van der Waals surface area contributed by atoms with Gasteiger partial charge in [0.2, 0.25) is 0 Å². The zero-order valence-electron chi connectivity index (χ0n) is 12.4. The molecule has 2 N–H and O–H groups in total. The zero-order chi connectivity index (χ0) is 14.9. The summed E-state index contributed by atoms with van der Waals surface area (Å²) in [5.74, 6) is 2.11. The number of nitrogens with one attached hydrogen (secondary N) is 1. The van der Waals surface area contributed by atoms with Crippen LogP contribution in [-0.4, -0.2) is 39.3 Å². The highest BCUT2D eigenvalue weighted by Crippen LogP contribution is 2.15. The largest absolute Gasteiger partial charge is 0.396 e. The highest BCUT2D eigenvalue weighted by atomic mass is 32.2. The maximum Gasteiger partial charge on any atom is 0.0991 e. The fourth-order valence-corrected chi connectivity index (χ4v) is 2.88. The van der Waals surface area contributed by atoms with Crippen LogP contribution in [0.25, 0.3) is 5.69 Å².